The van der Waals surface area contributed by atoms with Gasteiger partial charge in [0.2, 0.25) is 5.88 Å². The Balaban J connectivity index is 1.76. The van der Waals surface area contributed by atoms with E-state index in [1.807, 2.05) is 33.8 Å². The summed E-state index contributed by atoms with van der Waals surface area (Å²) < 4.78 is 10.8. The van der Waals surface area contributed by atoms with Crippen molar-refractivity contribution in [2.24, 2.45) is 5.73 Å². The highest BCUT2D eigenvalue weighted by atomic mass is 16.5. The van der Waals surface area contributed by atoms with Gasteiger partial charge in [0.15, 0.2) is 0 Å². The second kappa shape index (κ2) is 7.77. The molecule has 0 fully saturated rings. The Hall–Kier alpha value is -3.26. The molecular formula is C23H27N5O3. The standard InChI is InChI=1S/C23H27N5O3/c1-6-23(4,24)17-11-26-21(30-5)16-10-25-19(9-15(16)17)27-18-8-7-14-20(28-18)12(2)13(3)31-22(14)29/h7-13H,6,24H2,1-5H3,(H,25,27,28)/t12-,13+,23-/m1/s1. The van der Waals surface area contributed by atoms with E-state index in [-0.39, 0.29) is 18.0 Å². The van der Waals surface area contributed by atoms with Crippen LogP contribution in [0.15, 0.2) is 30.6 Å². The first-order valence-corrected chi connectivity index (χ1v) is 10.4. The topological polar surface area (TPSA) is 112 Å². The molecule has 0 radical (unpaired) electrons. The number of anilines is 2. The average Bonchev–Trinajstić information content (AvgIpc) is 2.76. The molecule has 4 rings (SSSR count). The van der Waals surface area contributed by atoms with Gasteiger partial charge in [-0.2, -0.15) is 0 Å². The number of pyridine rings is 3. The lowest BCUT2D eigenvalue weighted by atomic mass is 9.88. The number of cyclic esters (lactones) is 1. The van der Waals surface area contributed by atoms with Gasteiger partial charge in [-0.3, -0.25) is 0 Å². The lowest BCUT2D eigenvalue weighted by Crippen LogP contribution is -2.32. The Morgan fingerprint density at radius 1 is 1.19 bits per heavy atom. The zero-order chi connectivity index (χ0) is 22.3. The molecule has 1 aliphatic heterocycles. The van der Waals surface area contributed by atoms with Gasteiger partial charge in [0.05, 0.1) is 23.8 Å². The van der Waals surface area contributed by atoms with Crippen LogP contribution in [0.4, 0.5) is 11.6 Å². The van der Waals surface area contributed by atoms with Crippen LogP contribution in [0, 0.1) is 0 Å². The van der Waals surface area contributed by atoms with E-state index in [0.29, 0.717) is 23.1 Å². The van der Waals surface area contributed by atoms with E-state index in [1.165, 1.54) is 0 Å². The van der Waals surface area contributed by atoms with Crippen molar-refractivity contribution in [2.75, 3.05) is 12.4 Å². The van der Waals surface area contributed by atoms with E-state index < -0.39 is 5.54 Å². The third-order valence-electron chi connectivity index (χ3n) is 6.11. The normalized spacial score (nSPS) is 20.0. The lowest BCUT2D eigenvalue weighted by molar-refractivity contribution is 0.0235. The number of rotatable bonds is 5. The van der Waals surface area contributed by atoms with Gasteiger partial charge >= 0.3 is 5.97 Å². The summed E-state index contributed by atoms with van der Waals surface area (Å²) in [7, 11) is 1.58. The van der Waals surface area contributed by atoms with Crippen LogP contribution in [0.25, 0.3) is 10.8 Å². The van der Waals surface area contributed by atoms with Crippen LogP contribution in [0.5, 0.6) is 5.88 Å². The maximum absolute atomic E-state index is 12.2. The van der Waals surface area contributed by atoms with Crippen molar-refractivity contribution in [1.82, 2.24) is 15.0 Å². The fourth-order valence-electron chi connectivity index (χ4n) is 3.74. The summed E-state index contributed by atoms with van der Waals surface area (Å²) in [6.07, 6.45) is 4.01. The number of nitrogens with two attached hydrogens (primary N) is 1. The van der Waals surface area contributed by atoms with Crippen molar-refractivity contribution in [2.45, 2.75) is 51.7 Å². The average molecular weight is 422 g/mol. The first-order valence-electron chi connectivity index (χ1n) is 10.4. The number of hydrogen-bond acceptors (Lipinski definition) is 8. The van der Waals surface area contributed by atoms with E-state index >= 15 is 0 Å². The van der Waals surface area contributed by atoms with E-state index in [1.54, 1.807) is 31.6 Å². The number of hydrogen-bond donors (Lipinski definition) is 2. The minimum atomic E-state index is -0.549. The zero-order valence-corrected chi connectivity index (χ0v) is 18.4. The predicted octanol–water partition coefficient (Wildman–Crippen LogP) is 4.02. The molecule has 8 nitrogen and oxygen atoms in total. The maximum Gasteiger partial charge on any atom is 0.340 e. The van der Waals surface area contributed by atoms with Crippen molar-refractivity contribution in [3.05, 3.63) is 47.4 Å². The number of carbonyl (C=O) groups excluding carboxylic acids is 1. The number of methoxy groups -OCH3 is 1. The number of ether oxygens (including phenoxy) is 2. The van der Waals surface area contributed by atoms with Gasteiger partial charge in [-0.25, -0.2) is 19.7 Å². The van der Waals surface area contributed by atoms with Crippen LogP contribution < -0.4 is 15.8 Å². The van der Waals surface area contributed by atoms with Crippen LogP contribution in [0.2, 0.25) is 0 Å². The minimum absolute atomic E-state index is 0.00320. The molecule has 0 amide bonds. The number of esters is 1. The quantitative estimate of drug-likeness (QED) is 0.594. The molecule has 162 valence electrons. The second-order valence-electron chi connectivity index (χ2n) is 8.22. The molecule has 0 saturated heterocycles. The molecule has 0 bridgehead atoms. The van der Waals surface area contributed by atoms with Gasteiger partial charge in [-0.05, 0) is 49.4 Å². The fraction of sp³-hybridized carbons (Fsp3) is 0.391. The summed E-state index contributed by atoms with van der Waals surface area (Å²) in [6.45, 7) is 7.90. The number of fused-ring (bicyclic) bond motifs is 2. The molecule has 0 unspecified atom stereocenters. The smallest absolute Gasteiger partial charge is 0.340 e. The molecular weight excluding hydrogens is 394 g/mol. The summed E-state index contributed by atoms with van der Waals surface area (Å²) in [5.74, 6) is 1.38. The van der Waals surface area contributed by atoms with Crippen LogP contribution in [-0.2, 0) is 10.3 Å². The second-order valence-corrected chi connectivity index (χ2v) is 8.22. The fourth-order valence-corrected chi connectivity index (χ4v) is 3.74. The molecule has 1 aliphatic rings. The number of aromatic nitrogens is 3. The molecule has 0 saturated carbocycles. The van der Waals surface area contributed by atoms with Crippen molar-refractivity contribution in [3.63, 3.8) is 0 Å². The summed E-state index contributed by atoms with van der Waals surface area (Å²) in [5, 5.41) is 4.96. The molecule has 0 aliphatic carbocycles. The summed E-state index contributed by atoms with van der Waals surface area (Å²) in [6, 6.07) is 5.42. The molecule has 31 heavy (non-hydrogen) atoms. The molecule has 8 heteroatoms. The third-order valence-corrected chi connectivity index (χ3v) is 6.11. The highest BCUT2D eigenvalue weighted by Gasteiger charge is 2.31. The Labute approximate surface area is 181 Å². The number of nitrogens with zero attached hydrogens (tertiary/aromatic N) is 3. The summed E-state index contributed by atoms with van der Waals surface area (Å²) in [5.41, 5.74) is 8.13. The van der Waals surface area contributed by atoms with Crippen molar-refractivity contribution >= 4 is 28.4 Å². The monoisotopic (exact) mass is 421 g/mol. The van der Waals surface area contributed by atoms with Crippen molar-refractivity contribution in [3.8, 4) is 5.88 Å². The molecule has 3 N–H and O–H groups in total. The van der Waals surface area contributed by atoms with Gasteiger partial charge in [-0.15, -0.1) is 0 Å². The van der Waals surface area contributed by atoms with Gasteiger partial charge in [0, 0.05) is 23.9 Å². The minimum Gasteiger partial charge on any atom is -0.481 e. The predicted molar refractivity (Wildman–Crippen MR) is 119 cm³/mol. The van der Waals surface area contributed by atoms with Crippen molar-refractivity contribution in [1.29, 1.82) is 0 Å². The van der Waals surface area contributed by atoms with Crippen LogP contribution in [-0.4, -0.2) is 34.1 Å². The number of nitrogens with one attached hydrogen (secondary N) is 1. The summed E-state index contributed by atoms with van der Waals surface area (Å²) in [4.78, 5) is 25.8. The first-order chi connectivity index (χ1) is 14.7. The lowest BCUT2D eigenvalue weighted by Gasteiger charge is -2.27. The maximum atomic E-state index is 12.2. The Bertz CT molecular complexity index is 1160. The van der Waals surface area contributed by atoms with Crippen LogP contribution in [0.3, 0.4) is 0 Å². The van der Waals surface area contributed by atoms with Crippen molar-refractivity contribution < 1.29 is 14.3 Å². The molecule has 3 aromatic rings. The Morgan fingerprint density at radius 3 is 2.68 bits per heavy atom. The van der Waals surface area contributed by atoms with E-state index in [4.69, 9.17) is 15.2 Å². The van der Waals surface area contributed by atoms with Gasteiger partial charge in [-0.1, -0.05) is 13.8 Å². The molecule has 3 atom stereocenters. The van der Waals surface area contributed by atoms with Crippen LogP contribution >= 0.6 is 0 Å². The Kier molecular flexibility index (Phi) is 5.26. The molecule has 4 heterocycles. The Morgan fingerprint density at radius 2 is 1.97 bits per heavy atom. The van der Waals surface area contributed by atoms with Gasteiger partial charge in [0.1, 0.15) is 17.7 Å². The summed E-state index contributed by atoms with van der Waals surface area (Å²) >= 11 is 0. The van der Waals surface area contributed by atoms with Crippen LogP contribution in [0.1, 0.15) is 61.6 Å². The first kappa shape index (κ1) is 21.0. The molecule has 3 aromatic heterocycles. The van der Waals surface area contributed by atoms with E-state index in [9.17, 15) is 4.79 Å². The highest BCUT2D eigenvalue weighted by molar-refractivity contribution is 5.93. The number of carbonyl (C=O) groups is 1. The van der Waals surface area contributed by atoms with Gasteiger partial charge in [0.25, 0.3) is 0 Å². The molecule has 0 aromatic carbocycles. The highest BCUT2D eigenvalue weighted by Crippen LogP contribution is 2.35. The van der Waals surface area contributed by atoms with E-state index in [0.717, 1.165) is 28.5 Å². The molecule has 0 spiro atoms. The van der Waals surface area contributed by atoms with E-state index in [2.05, 4.69) is 20.3 Å². The zero-order valence-electron chi connectivity index (χ0n) is 18.4. The van der Waals surface area contributed by atoms with Gasteiger partial charge < -0.3 is 20.5 Å². The SMILES string of the molecule is CC[C@@](C)(N)c1cnc(OC)c2cnc(Nc3ccc4c(n3)[C@H](C)[C@H](C)OC4=O)cc12. The third kappa shape index (κ3) is 3.67. The largest absolute Gasteiger partial charge is 0.481 e.